The van der Waals surface area contributed by atoms with Gasteiger partial charge in [0.05, 0.1) is 12.6 Å². The Kier molecular flexibility index (Phi) is 12.3. The maximum Gasteiger partial charge on any atom is 0.251 e. The van der Waals surface area contributed by atoms with Crippen LogP contribution in [0, 0.1) is 0 Å². The monoisotopic (exact) mass is 582 g/mol. The van der Waals surface area contributed by atoms with Crippen LogP contribution in [0.2, 0.25) is 0 Å². The van der Waals surface area contributed by atoms with Crippen molar-refractivity contribution in [3.63, 3.8) is 0 Å². The lowest BCUT2D eigenvalue weighted by Gasteiger charge is -2.24. The van der Waals surface area contributed by atoms with Gasteiger partial charge in [0.25, 0.3) is 5.91 Å². The molecule has 4 rings (SSSR count). The molecule has 0 saturated heterocycles. The van der Waals surface area contributed by atoms with Crippen molar-refractivity contribution in [3.8, 4) is 0 Å². The van der Waals surface area contributed by atoms with Gasteiger partial charge in [-0.1, -0.05) is 62.4 Å². The molecule has 0 spiro atoms. The van der Waals surface area contributed by atoms with E-state index in [4.69, 9.17) is 0 Å². The molecule has 1 unspecified atom stereocenters. The van der Waals surface area contributed by atoms with E-state index in [-0.39, 0.29) is 17.9 Å². The fraction of sp³-hybridized carbons (Fsp3) is 0.400. The summed E-state index contributed by atoms with van der Waals surface area (Å²) in [4.78, 5) is 36.6. The minimum atomic E-state index is -0.629. The first-order valence-electron chi connectivity index (χ1n) is 15.6. The number of H-pyrrole nitrogens is 1. The normalized spacial score (nSPS) is 12.7. The Bertz CT molecular complexity index is 1410. The molecule has 0 aliphatic heterocycles. The number of benzene rings is 3. The third-order valence-corrected chi connectivity index (χ3v) is 7.69. The molecular formula is C35H46N6O2. The third-order valence-electron chi connectivity index (χ3n) is 7.69. The average molecular weight is 583 g/mol. The van der Waals surface area contributed by atoms with E-state index in [0.29, 0.717) is 25.1 Å². The highest BCUT2D eigenvalue weighted by Gasteiger charge is 2.23. The standard InChI is InChI=1S/C35H46N6O2/c1-4-20-41(21-5-2)22-8-11-32(35(43)39-26(3)30-17-16-28-9-6-7-10-31(28)23-30)40-34(42)29-14-12-27(13-15-29)24-36-25-33-37-18-19-38-33/h6-7,9-10,12-19,23,26,32,36H,4-5,8,11,20-22,24-25H2,1-3H3,(H,37,38)(H,39,43)(H,40,42)/t26-,32?/m0/s1. The van der Waals surface area contributed by atoms with Gasteiger partial charge in [-0.25, -0.2) is 4.98 Å². The fourth-order valence-electron chi connectivity index (χ4n) is 5.37. The molecule has 4 N–H and O–H groups in total. The zero-order chi connectivity index (χ0) is 30.4. The van der Waals surface area contributed by atoms with Crippen molar-refractivity contribution < 1.29 is 9.59 Å². The Morgan fingerprint density at radius 2 is 1.63 bits per heavy atom. The first-order valence-corrected chi connectivity index (χ1v) is 15.6. The summed E-state index contributed by atoms with van der Waals surface area (Å²) in [5.41, 5.74) is 2.63. The van der Waals surface area contributed by atoms with Crippen LogP contribution < -0.4 is 16.0 Å². The van der Waals surface area contributed by atoms with E-state index in [1.165, 1.54) is 0 Å². The number of aromatic amines is 1. The minimum absolute atomic E-state index is 0.162. The van der Waals surface area contributed by atoms with Crippen LogP contribution in [0.4, 0.5) is 0 Å². The van der Waals surface area contributed by atoms with E-state index in [2.05, 4.69) is 75.0 Å². The Labute approximate surface area is 255 Å². The van der Waals surface area contributed by atoms with E-state index < -0.39 is 6.04 Å². The molecule has 0 saturated carbocycles. The molecule has 1 heterocycles. The molecule has 8 nitrogen and oxygen atoms in total. The molecule has 228 valence electrons. The Hall–Kier alpha value is -4.01. The molecule has 8 heteroatoms. The zero-order valence-corrected chi connectivity index (χ0v) is 25.7. The molecule has 0 fully saturated rings. The first-order chi connectivity index (χ1) is 21.0. The smallest absolute Gasteiger partial charge is 0.251 e. The van der Waals surface area contributed by atoms with Gasteiger partial charge in [0.15, 0.2) is 0 Å². The molecule has 43 heavy (non-hydrogen) atoms. The molecule has 0 radical (unpaired) electrons. The Morgan fingerprint density at radius 1 is 0.884 bits per heavy atom. The van der Waals surface area contributed by atoms with Gasteiger partial charge >= 0.3 is 0 Å². The lowest BCUT2D eigenvalue weighted by molar-refractivity contribution is -0.123. The fourth-order valence-corrected chi connectivity index (χ4v) is 5.37. The van der Waals surface area contributed by atoms with Gasteiger partial charge in [0, 0.05) is 24.5 Å². The highest BCUT2D eigenvalue weighted by atomic mass is 16.2. The van der Waals surface area contributed by atoms with Crippen LogP contribution in [0.1, 0.15) is 79.8 Å². The van der Waals surface area contributed by atoms with Crippen LogP contribution in [0.15, 0.2) is 79.1 Å². The maximum atomic E-state index is 13.6. The van der Waals surface area contributed by atoms with E-state index in [0.717, 1.165) is 66.6 Å². The summed E-state index contributed by atoms with van der Waals surface area (Å²) in [6.07, 6.45) is 7.11. The predicted molar refractivity (Wildman–Crippen MR) is 174 cm³/mol. The number of rotatable bonds is 17. The SMILES string of the molecule is CCCN(CCC)CCCC(NC(=O)c1ccc(CNCc2ncc[nH]2)cc1)C(=O)N[C@@H](C)c1ccc2ccccc2c1. The molecule has 3 aromatic carbocycles. The zero-order valence-electron chi connectivity index (χ0n) is 25.7. The van der Waals surface area contributed by atoms with Crippen LogP contribution in [0.5, 0.6) is 0 Å². The summed E-state index contributed by atoms with van der Waals surface area (Å²) in [6, 6.07) is 21.1. The maximum absolute atomic E-state index is 13.6. The predicted octanol–water partition coefficient (Wildman–Crippen LogP) is 5.73. The largest absolute Gasteiger partial charge is 0.348 e. The van der Waals surface area contributed by atoms with Crippen molar-refractivity contribution in [1.82, 2.24) is 30.8 Å². The molecule has 0 bridgehead atoms. The van der Waals surface area contributed by atoms with Crippen LogP contribution >= 0.6 is 0 Å². The molecule has 2 atom stereocenters. The number of hydrogen-bond donors (Lipinski definition) is 4. The van der Waals surface area contributed by atoms with Crippen molar-refractivity contribution in [3.05, 3.63) is 102 Å². The number of hydrogen-bond acceptors (Lipinski definition) is 5. The molecule has 0 aliphatic rings. The number of aromatic nitrogens is 2. The summed E-state index contributed by atoms with van der Waals surface area (Å²) < 4.78 is 0. The average Bonchev–Trinajstić information content (AvgIpc) is 3.54. The van der Waals surface area contributed by atoms with E-state index >= 15 is 0 Å². The van der Waals surface area contributed by atoms with Gasteiger partial charge in [0.2, 0.25) is 5.91 Å². The number of imidazole rings is 1. The van der Waals surface area contributed by atoms with Gasteiger partial charge in [-0.05, 0) is 92.3 Å². The van der Waals surface area contributed by atoms with Crippen molar-refractivity contribution >= 4 is 22.6 Å². The van der Waals surface area contributed by atoms with Crippen molar-refractivity contribution in [2.24, 2.45) is 0 Å². The van der Waals surface area contributed by atoms with Gasteiger partial charge in [-0.2, -0.15) is 0 Å². The molecule has 1 aromatic heterocycles. The summed E-state index contributed by atoms with van der Waals surface area (Å²) in [5.74, 6) is 0.473. The highest BCUT2D eigenvalue weighted by Crippen LogP contribution is 2.20. The first kappa shape index (κ1) is 31.9. The number of carbonyl (C=O) groups is 2. The second kappa shape index (κ2) is 16.6. The number of fused-ring (bicyclic) bond motifs is 1. The molecule has 2 amide bonds. The topological polar surface area (TPSA) is 102 Å². The Balaban J connectivity index is 1.39. The summed E-state index contributed by atoms with van der Waals surface area (Å²) in [7, 11) is 0. The van der Waals surface area contributed by atoms with Gasteiger partial charge in [0.1, 0.15) is 11.9 Å². The second-order valence-electron chi connectivity index (χ2n) is 11.2. The van der Waals surface area contributed by atoms with E-state index in [1.54, 1.807) is 12.4 Å². The van der Waals surface area contributed by atoms with Crippen molar-refractivity contribution in [2.75, 3.05) is 19.6 Å². The lowest BCUT2D eigenvalue weighted by atomic mass is 10.0. The van der Waals surface area contributed by atoms with Crippen LogP contribution in [-0.2, 0) is 17.9 Å². The lowest BCUT2D eigenvalue weighted by Crippen LogP contribution is -2.47. The molecular weight excluding hydrogens is 536 g/mol. The van der Waals surface area contributed by atoms with E-state index in [9.17, 15) is 9.59 Å². The van der Waals surface area contributed by atoms with Crippen molar-refractivity contribution in [1.29, 1.82) is 0 Å². The Morgan fingerprint density at radius 3 is 2.33 bits per heavy atom. The van der Waals surface area contributed by atoms with Gasteiger partial charge in [-0.3, -0.25) is 9.59 Å². The van der Waals surface area contributed by atoms with Crippen LogP contribution in [-0.4, -0.2) is 52.4 Å². The number of nitrogens with zero attached hydrogens (tertiary/aromatic N) is 2. The second-order valence-corrected chi connectivity index (χ2v) is 11.2. The summed E-state index contributed by atoms with van der Waals surface area (Å²) in [5, 5.41) is 11.8. The highest BCUT2D eigenvalue weighted by molar-refractivity contribution is 5.97. The number of nitrogens with one attached hydrogen (secondary N) is 4. The number of carbonyl (C=O) groups excluding carboxylic acids is 2. The number of amides is 2. The van der Waals surface area contributed by atoms with Crippen LogP contribution in [0.25, 0.3) is 10.8 Å². The summed E-state index contributed by atoms with van der Waals surface area (Å²) in [6.45, 7) is 10.6. The minimum Gasteiger partial charge on any atom is -0.348 e. The molecule has 0 aliphatic carbocycles. The van der Waals surface area contributed by atoms with Gasteiger partial charge < -0.3 is 25.8 Å². The van der Waals surface area contributed by atoms with Gasteiger partial charge in [-0.15, -0.1) is 0 Å². The van der Waals surface area contributed by atoms with Crippen LogP contribution in [0.3, 0.4) is 0 Å². The molecule has 4 aromatic rings. The van der Waals surface area contributed by atoms with Crippen molar-refractivity contribution in [2.45, 2.75) is 71.6 Å². The quantitative estimate of drug-likeness (QED) is 0.127. The van der Waals surface area contributed by atoms with E-state index in [1.807, 2.05) is 43.3 Å². The summed E-state index contributed by atoms with van der Waals surface area (Å²) >= 11 is 0. The third kappa shape index (κ3) is 9.76.